The Kier molecular flexibility index (Phi) is 7.27. The number of rotatable bonds is 7. The van der Waals surface area contributed by atoms with Gasteiger partial charge in [-0.3, -0.25) is 25.0 Å². The maximum Gasteiger partial charge on any atom is 0.318 e. The molecular formula is C13H23N7O4. The van der Waals surface area contributed by atoms with Gasteiger partial charge in [0.2, 0.25) is 11.9 Å². The van der Waals surface area contributed by atoms with E-state index in [1.54, 1.807) is 0 Å². The molecule has 8 N–H and O–H groups in total. The minimum Gasteiger partial charge on any atom is -0.351 e. The van der Waals surface area contributed by atoms with Crippen LogP contribution in [0.2, 0.25) is 0 Å². The second-order valence-electron chi connectivity index (χ2n) is 5.43. The molecular weight excluding hydrogens is 318 g/mol. The van der Waals surface area contributed by atoms with E-state index in [4.69, 9.17) is 17.2 Å². The van der Waals surface area contributed by atoms with Crippen LogP contribution in [0.25, 0.3) is 0 Å². The molecule has 1 unspecified atom stereocenters. The first-order valence-electron chi connectivity index (χ1n) is 7.39. The molecule has 0 radical (unpaired) electrons. The third kappa shape index (κ3) is 5.93. The van der Waals surface area contributed by atoms with Gasteiger partial charge in [-0.15, -0.1) is 0 Å². The van der Waals surface area contributed by atoms with E-state index >= 15 is 0 Å². The van der Waals surface area contributed by atoms with Crippen LogP contribution in [0.4, 0.5) is 4.79 Å². The van der Waals surface area contributed by atoms with Gasteiger partial charge in [0.1, 0.15) is 11.8 Å². The zero-order valence-electron chi connectivity index (χ0n) is 13.4. The molecule has 134 valence electrons. The number of carbonyl (C=O) groups is 4. The number of amides is 4. The highest BCUT2D eigenvalue weighted by molar-refractivity contribution is 6.07. The number of hydrogen-bond acceptors (Lipinski definition) is 7. The average Bonchev–Trinajstić information content (AvgIpc) is 2.45. The van der Waals surface area contributed by atoms with Gasteiger partial charge in [0.15, 0.2) is 0 Å². The molecule has 0 aromatic heterocycles. The van der Waals surface area contributed by atoms with E-state index in [9.17, 15) is 19.2 Å². The van der Waals surface area contributed by atoms with Crippen LogP contribution < -0.4 is 27.8 Å². The van der Waals surface area contributed by atoms with Crippen molar-refractivity contribution in [2.24, 2.45) is 22.2 Å². The van der Waals surface area contributed by atoms with E-state index < -0.39 is 24.0 Å². The first-order valence-corrected chi connectivity index (χ1v) is 7.39. The van der Waals surface area contributed by atoms with Crippen LogP contribution in [-0.4, -0.2) is 66.7 Å². The molecule has 0 aromatic rings. The number of urea groups is 1. The Morgan fingerprint density at radius 1 is 1.42 bits per heavy atom. The van der Waals surface area contributed by atoms with Crippen molar-refractivity contribution in [3.63, 3.8) is 0 Å². The van der Waals surface area contributed by atoms with Crippen molar-refractivity contribution in [3.8, 4) is 0 Å². The first-order chi connectivity index (χ1) is 11.2. The van der Waals surface area contributed by atoms with Crippen LogP contribution in [0.3, 0.4) is 0 Å². The normalized spacial score (nSPS) is 18.2. The molecule has 0 bridgehead atoms. The highest BCUT2D eigenvalue weighted by atomic mass is 16.2. The van der Waals surface area contributed by atoms with Crippen LogP contribution in [0.5, 0.6) is 0 Å². The molecule has 2 atom stereocenters. The molecule has 24 heavy (non-hydrogen) atoms. The second kappa shape index (κ2) is 8.93. The van der Waals surface area contributed by atoms with Crippen molar-refractivity contribution in [2.75, 3.05) is 20.1 Å². The zero-order chi connectivity index (χ0) is 18.3. The summed E-state index contributed by atoms with van der Waals surface area (Å²) in [6, 6.07) is -2.32. The summed E-state index contributed by atoms with van der Waals surface area (Å²) in [7, 11) is 1.45. The fourth-order valence-electron chi connectivity index (χ4n) is 2.16. The standard InChI is InChI=1S/C13H23N7O4/c1-20(10(22)5-7(15)4-8(21)2-3-14)9-6-17-13(18-11(9)23)19-12(16)24/h7,9H,2-6,14-15H2,1H3,(H4,16,17,18,19,23,24)/t7-,9?/m0/s1. The van der Waals surface area contributed by atoms with Crippen LogP contribution in [0, 0.1) is 0 Å². The van der Waals surface area contributed by atoms with Crippen LogP contribution in [0.15, 0.2) is 4.99 Å². The molecule has 0 aromatic carbocycles. The summed E-state index contributed by atoms with van der Waals surface area (Å²) < 4.78 is 0. The summed E-state index contributed by atoms with van der Waals surface area (Å²) in [5, 5.41) is 4.49. The highest BCUT2D eigenvalue weighted by Crippen LogP contribution is 2.07. The molecule has 11 heteroatoms. The second-order valence-corrected chi connectivity index (χ2v) is 5.43. The van der Waals surface area contributed by atoms with E-state index in [0.29, 0.717) is 0 Å². The van der Waals surface area contributed by atoms with Crippen molar-refractivity contribution in [1.82, 2.24) is 15.5 Å². The summed E-state index contributed by atoms with van der Waals surface area (Å²) in [6.45, 7) is 0.215. The lowest BCUT2D eigenvalue weighted by atomic mass is 10.0. The van der Waals surface area contributed by atoms with Gasteiger partial charge in [-0.2, -0.15) is 0 Å². The number of primary amides is 1. The predicted octanol–water partition coefficient (Wildman–Crippen LogP) is -3.01. The van der Waals surface area contributed by atoms with Gasteiger partial charge in [0.25, 0.3) is 5.91 Å². The Labute approximate surface area is 139 Å². The third-order valence-corrected chi connectivity index (χ3v) is 3.42. The van der Waals surface area contributed by atoms with Gasteiger partial charge < -0.3 is 22.1 Å². The van der Waals surface area contributed by atoms with Gasteiger partial charge in [-0.1, -0.05) is 0 Å². The van der Waals surface area contributed by atoms with Gasteiger partial charge in [-0.05, 0) is 6.54 Å². The fourth-order valence-corrected chi connectivity index (χ4v) is 2.16. The summed E-state index contributed by atoms with van der Waals surface area (Å²) in [6.07, 6.45) is 0.193. The maximum absolute atomic E-state index is 12.2. The fraction of sp³-hybridized carbons (Fsp3) is 0.615. The van der Waals surface area contributed by atoms with Gasteiger partial charge in [0.05, 0.1) is 6.54 Å². The predicted molar refractivity (Wildman–Crippen MR) is 85.6 cm³/mol. The minimum atomic E-state index is -0.856. The third-order valence-electron chi connectivity index (χ3n) is 3.42. The molecule has 0 aliphatic carbocycles. The first kappa shape index (κ1) is 19.5. The Hall–Kier alpha value is -2.53. The number of Topliss-reactive ketones (excluding diaryl/α,β-unsaturated/α-hetero) is 1. The summed E-state index contributed by atoms with van der Waals surface area (Å²) in [4.78, 5) is 51.5. The summed E-state index contributed by atoms with van der Waals surface area (Å²) >= 11 is 0. The number of carbonyl (C=O) groups excluding carboxylic acids is 4. The molecule has 1 rings (SSSR count). The number of nitrogens with two attached hydrogens (primary N) is 3. The van der Waals surface area contributed by atoms with E-state index in [1.807, 2.05) is 0 Å². The maximum atomic E-state index is 12.2. The van der Waals surface area contributed by atoms with Gasteiger partial charge >= 0.3 is 6.03 Å². The molecule has 0 fully saturated rings. The SMILES string of the molecule is CN(C(=O)C[C@@H](N)CC(=O)CCN)C1CN=C(NC(N)=O)NC1=O. The number of aliphatic imine (C=N–C) groups is 1. The summed E-state index contributed by atoms with van der Waals surface area (Å²) in [5.74, 6) is -1.06. The molecule has 11 nitrogen and oxygen atoms in total. The minimum absolute atomic E-state index is 0.0228. The van der Waals surface area contributed by atoms with Crippen LogP contribution in [-0.2, 0) is 14.4 Å². The topological polar surface area (TPSA) is 186 Å². The number of nitrogens with zero attached hydrogens (tertiary/aromatic N) is 2. The van der Waals surface area contributed by atoms with Crippen LogP contribution >= 0.6 is 0 Å². The Morgan fingerprint density at radius 2 is 2.08 bits per heavy atom. The number of ketones is 1. The zero-order valence-corrected chi connectivity index (χ0v) is 13.4. The van der Waals surface area contributed by atoms with E-state index in [2.05, 4.69) is 15.6 Å². The largest absolute Gasteiger partial charge is 0.351 e. The van der Waals surface area contributed by atoms with E-state index in [0.717, 1.165) is 0 Å². The molecule has 1 aliphatic rings. The average molecular weight is 341 g/mol. The monoisotopic (exact) mass is 341 g/mol. The van der Waals surface area contributed by atoms with E-state index in [-0.39, 0.29) is 50.0 Å². The molecule has 1 heterocycles. The number of likely N-dealkylation sites (N-methyl/N-ethyl adjacent to an activating group) is 1. The molecule has 0 saturated heterocycles. The Balaban J connectivity index is 2.57. The molecule has 4 amide bonds. The van der Waals surface area contributed by atoms with Crippen molar-refractivity contribution < 1.29 is 19.2 Å². The Morgan fingerprint density at radius 3 is 2.62 bits per heavy atom. The van der Waals surface area contributed by atoms with Gasteiger partial charge in [0, 0.05) is 32.4 Å². The Bertz CT molecular complexity index is 548. The van der Waals surface area contributed by atoms with Crippen molar-refractivity contribution in [3.05, 3.63) is 0 Å². The van der Waals surface area contributed by atoms with E-state index in [1.165, 1.54) is 11.9 Å². The highest BCUT2D eigenvalue weighted by Gasteiger charge is 2.31. The lowest BCUT2D eigenvalue weighted by Gasteiger charge is -2.29. The quantitative estimate of drug-likeness (QED) is 0.328. The molecule has 0 saturated carbocycles. The number of hydrogen-bond donors (Lipinski definition) is 5. The van der Waals surface area contributed by atoms with Crippen molar-refractivity contribution in [2.45, 2.75) is 31.3 Å². The summed E-state index contributed by atoms with van der Waals surface area (Å²) in [5.41, 5.74) is 16.0. The van der Waals surface area contributed by atoms with Crippen LogP contribution in [0.1, 0.15) is 19.3 Å². The smallest absolute Gasteiger partial charge is 0.318 e. The lowest BCUT2D eigenvalue weighted by Crippen LogP contribution is -2.58. The molecule has 0 spiro atoms. The molecule has 1 aliphatic heterocycles. The van der Waals surface area contributed by atoms with Crippen molar-refractivity contribution in [1.29, 1.82) is 0 Å². The lowest BCUT2D eigenvalue weighted by molar-refractivity contribution is -0.138. The van der Waals surface area contributed by atoms with Gasteiger partial charge in [-0.25, -0.2) is 9.79 Å². The number of nitrogens with one attached hydrogen (secondary N) is 2. The van der Waals surface area contributed by atoms with Crippen molar-refractivity contribution >= 4 is 29.6 Å². The number of guanidine groups is 1.